The molecule has 0 aliphatic heterocycles. The van der Waals surface area contributed by atoms with Gasteiger partial charge in [-0.2, -0.15) is 0 Å². The summed E-state index contributed by atoms with van der Waals surface area (Å²) >= 11 is 0. The number of hydrogen-bond donors (Lipinski definition) is 2. The monoisotopic (exact) mass is 209 g/mol. The Kier molecular flexibility index (Phi) is 3.28. The Balaban J connectivity index is 2.97. The van der Waals surface area contributed by atoms with Gasteiger partial charge < -0.3 is 15.1 Å². The maximum Gasteiger partial charge on any atom is 0.394 e. The number of carbonyl (C=O) groups is 2. The Morgan fingerprint density at radius 2 is 1.80 bits per heavy atom. The van der Waals surface area contributed by atoms with Crippen molar-refractivity contribution in [2.75, 3.05) is 11.4 Å². The molecule has 0 spiro atoms. The molecule has 80 valence electrons. The summed E-state index contributed by atoms with van der Waals surface area (Å²) in [5.41, 5.74) is 0.447. The Hall–Kier alpha value is -2.04. The van der Waals surface area contributed by atoms with Gasteiger partial charge in [-0.25, -0.2) is 4.79 Å². The van der Waals surface area contributed by atoms with Crippen LogP contribution in [0, 0.1) is 0 Å². The summed E-state index contributed by atoms with van der Waals surface area (Å²) in [4.78, 5) is 22.8. The number of aromatic hydroxyl groups is 1. The van der Waals surface area contributed by atoms with E-state index in [0.29, 0.717) is 5.69 Å². The third kappa shape index (κ3) is 2.46. The number of anilines is 1. The van der Waals surface area contributed by atoms with Gasteiger partial charge in [0.25, 0.3) is 0 Å². The number of aliphatic carboxylic acids is 1. The van der Waals surface area contributed by atoms with Crippen molar-refractivity contribution < 1.29 is 19.8 Å². The van der Waals surface area contributed by atoms with E-state index in [0.717, 1.165) is 4.90 Å². The lowest BCUT2D eigenvalue weighted by atomic mass is 10.2. The van der Waals surface area contributed by atoms with Gasteiger partial charge in [-0.05, 0) is 31.2 Å². The molecule has 5 heteroatoms. The molecule has 0 heterocycles. The number of carbonyl (C=O) groups excluding carboxylic acids is 1. The summed E-state index contributed by atoms with van der Waals surface area (Å²) in [7, 11) is 0. The van der Waals surface area contributed by atoms with E-state index in [2.05, 4.69) is 0 Å². The molecule has 0 saturated carbocycles. The fourth-order valence-corrected chi connectivity index (χ4v) is 1.19. The van der Waals surface area contributed by atoms with Gasteiger partial charge in [-0.15, -0.1) is 0 Å². The minimum Gasteiger partial charge on any atom is -0.508 e. The molecule has 1 amide bonds. The van der Waals surface area contributed by atoms with Gasteiger partial charge in [0.1, 0.15) is 5.75 Å². The quantitative estimate of drug-likeness (QED) is 0.707. The van der Waals surface area contributed by atoms with E-state index in [1.54, 1.807) is 6.92 Å². The summed E-state index contributed by atoms with van der Waals surface area (Å²) in [5.74, 6) is -2.41. The number of carboxylic acids is 1. The highest BCUT2D eigenvalue weighted by atomic mass is 16.4. The van der Waals surface area contributed by atoms with Gasteiger partial charge in [0, 0.05) is 12.2 Å². The number of nitrogens with zero attached hydrogens (tertiary/aromatic N) is 1. The van der Waals surface area contributed by atoms with Crippen LogP contribution in [0.2, 0.25) is 0 Å². The van der Waals surface area contributed by atoms with Crippen LogP contribution >= 0.6 is 0 Å². The number of benzene rings is 1. The fourth-order valence-electron chi connectivity index (χ4n) is 1.19. The van der Waals surface area contributed by atoms with E-state index in [4.69, 9.17) is 10.2 Å². The van der Waals surface area contributed by atoms with E-state index in [9.17, 15) is 9.59 Å². The summed E-state index contributed by atoms with van der Waals surface area (Å²) < 4.78 is 0. The number of phenols is 1. The predicted octanol–water partition coefficient (Wildman–Crippen LogP) is 0.830. The lowest BCUT2D eigenvalue weighted by molar-refractivity contribution is -0.148. The molecule has 1 aromatic carbocycles. The molecule has 0 bridgehead atoms. The van der Waals surface area contributed by atoms with E-state index in [1.165, 1.54) is 24.3 Å². The Morgan fingerprint density at radius 1 is 1.27 bits per heavy atom. The first-order valence-corrected chi connectivity index (χ1v) is 4.40. The van der Waals surface area contributed by atoms with Crippen LogP contribution in [0.4, 0.5) is 5.69 Å². The van der Waals surface area contributed by atoms with Crippen LogP contribution in [0.15, 0.2) is 24.3 Å². The van der Waals surface area contributed by atoms with Gasteiger partial charge >= 0.3 is 11.9 Å². The average Bonchev–Trinajstić information content (AvgIpc) is 2.21. The molecule has 0 fully saturated rings. The van der Waals surface area contributed by atoms with Crippen molar-refractivity contribution in [1.29, 1.82) is 0 Å². The van der Waals surface area contributed by atoms with Crippen molar-refractivity contribution in [2.24, 2.45) is 0 Å². The van der Waals surface area contributed by atoms with Crippen molar-refractivity contribution in [1.82, 2.24) is 0 Å². The van der Waals surface area contributed by atoms with Gasteiger partial charge in [-0.1, -0.05) is 0 Å². The summed E-state index contributed by atoms with van der Waals surface area (Å²) in [6.07, 6.45) is 0. The number of likely N-dealkylation sites (N-methyl/N-ethyl adjacent to an activating group) is 1. The van der Waals surface area contributed by atoms with Crippen molar-refractivity contribution in [3.8, 4) is 5.75 Å². The molecule has 0 radical (unpaired) electrons. The zero-order valence-electron chi connectivity index (χ0n) is 8.17. The van der Waals surface area contributed by atoms with Gasteiger partial charge in [0.05, 0.1) is 0 Å². The number of phenolic OH excluding ortho intramolecular Hbond substituents is 1. The second kappa shape index (κ2) is 4.45. The van der Waals surface area contributed by atoms with Crippen LogP contribution in [0.25, 0.3) is 0 Å². The van der Waals surface area contributed by atoms with Gasteiger partial charge in [0.2, 0.25) is 0 Å². The minimum absolute atomic E-state index is 0.0672. The largest absolute Gasteiger partial charge is 0.508 e. The van der Waals surface area contributed by atoms with Crippen LogP contribution in [0.5, 0.6) is 5.75 Å². The summed E-state index contributed by atoms with van der Waals surface area (Å²) in [6.45, 7) is 1.93. The molecule has 15 heavy (non-hydrogen) atoms. The Morgan fingerprint density at radius 3 is 2.20 bits per heavy atom. The van der Waals surface area contributed by atoms with Crippen molar-refractivity contribution in [2.45, 2.75) is 6.92 Å². The number of amides is 1. The summed E-state index contributed by atoms with van der Waals surface area (Å²) in [6, 6.07) is 5.76. The predicted molar refractivity (Wildman–Crippen MR) is 53.8 cm³/mol. The molecule has 0 saturated heterocycles. The highest BCUT2D eigenvalue weighted by Crippen LogP contribution is 2.18. The molecule has 0 unspecified atom stereocenters. The smallest absolute Gasteiger partial charge is 0.394 e. The Bertz CT molecular complexity index is 372. The van der Waals surface area contributed by atoms with E-state index in [1.807, 2.05) is 0 Å². The molecule has 2 N–H and O–H groups in total. The van der Waals surface area contributed by atoms with Crippen molar-refractivity contribution in [3.05, 3.63) is 24.3 Å². The lowest BCUT2D eigenvalue weighted by Crippen LogP contribution is -2.36. The summed E-state index contributed by atoms with van der Waals surface area (Å²) in [5, 5.41) is 17.6. The van der Waals surface area contributed by atoms with E-state index < -0.39 is 11.9 Å². The van der Waals surface area contributed by atoms with Gasteiger partial charge in [0.15, 0.2) is 0 Å². The molecular formula is C10H11NO4. The SMILES string of the molecule is CCN(C(=O)C(=O)O)c1ccc(O)cc1. The number of hydrogen-bond acceptors (Lipinski definition) is 3. The average molecular weight is 209 g/mol. The third-order valence-corrected chi connectivity index (χ3v) is 1.91. The van der Waals surface area contributed by atoms with Crippen LogP contribution in [-0.2, 0) is 9.59 Å². The zero-order valence-corrected chi connectivity index (χ0v) is 8.17. The van der Waals surface area contributed by atoms with E-state index in [-0.39, 0.29) is 12.3 Å². The normalized spacial score (nSPS) is 9.67. The van der Waals surface area contributed by atoms with Crippen molar-refractivity contribution in [3.63, 3.8) is 0 Å². The maximum atomic E-state index is 11.2. The molecule has 0 aromatic heterocycles. The van der Waals surface area contributed by atoms with Crippen LogP contribution < -0.4 is 4.90 Å². The Labute approximate surface area is 86.6 Å². The van der Waals surface area contributed by atoms with E-state index >= 15 is 0 Å². The highest BCUT2D eigenvalue weighted by molar-refractivity contribution is 6.37. The topological polar surface area (TPSA) is 77.8 Å². The first-order valence-electron chi connectivity index (χ1n) is 4.40. The van der Waals surface area contributed by atoms with Crippen LogP contribution in [0.3, 0.4) is 0 Å². The third-order valence-electron chi connectivity index (χ3n) is 1.91. The van der Waals surface area contributed by atoms with Crippen LogP contribution in [-0.4, -0.2) is 28.6 Å². The zero-order chi connectivity index (χ0) is 11.4. The first-order chi connectivity index (χ1) is 7.06. The minimum atomic E-state index is -1.50. The molecule has 5 nitrogen and oxygen atoms in total. The second-order valence-electron chi connectivity index (χ2n) is 2.87. The maximum absolute atomic E-state index is 11.2. The second-order valence-corrected chi connectivity index (χ2v) is 2.87. The number of carboxylic acid groups (broad SMARTS) is 1. The molecule has 0 aliphatic carbocycles. The molecule has 0 atom stereocenters. The highest BCUT2D eigenvalue weighted by Gasteiger charge is 2.20. The van der Waals surface area contributed by atoms with Crippen molar-refractivity contribution >= 4 is 17.6 Å². The van der Waals surface area contributed by atoms with Crippen LogP contribution in [0.1, 0.15) is 6.92 Å². The molecule has 0 aliphatic rings. The number of rotatable bonds is 2. The standard InChI is InChI=1S/C10H11NO4/c1-2-11(9(13)10(14)15)7-3-5-8(12)6-4-7/h3-6,12H,2H2,1H3,(H,14,15). The molecule has 1 rings (SSSR count). The molecule has 1 aromatic rings. The van der Waals surface area contributed by atoms with Gasteiger partial charge in [-0.3, -0.25) is 4.79 Å². The lowest BCUT2D eigenvalue weighted by Gasteiger charge is -2.18. The molecular weight excluding hydrogens is 198 g/mol. The fraction of sp³-hybridized carbons (Fsp3) is 0.200. The first kappa shape index (κ1) is 11.0.